The highest BCUT2D eigenvalue weighted by molar-refractivity contribution is 6.01. The van der Waals surface area contributed by atoms with Crippen molar-refractivity contribution in [3.63, 3.8) is 0 Å². The normalized spacial score (nSPS) is 20.1. The van der Waals surface area contributed by atoms with Gasteiger partial charge in [0, 0.05) is 32.6 Å². The van der Waals surface area contributed by atoms with Crippen LogP contribution in [0.5, 0.6) is 0 Å². The van der Waals surface area contributed by atoms with Gasteiger partial charge in [0.25, 0.3) is 11.8 Å². The Morgan fingerprint density at radius 3 is 2.66 bits per heavy atom. The number of hydrogen-bond acceptors (Lipinski definition) is 7. The molecule has 2 fully saturated rings. The summed E-state index contributed by atoms with van der Waals surface area (Å²) in [5.41, 5.74) is 0.491. The topological polar surface area (TPSA) is 139 Å². The first-order chi connectivity index (χ1) is 19.4. The van der Waals surface area contributed by atoms with Crippen molar-refractivity contribution >= 4 is 23.7 Å². The highest BCUT2D eigenvalue weighted by atomic mass is 19.3. The van der Waals surface area contributed by atoms with Crippen molar-refractivity contribution in [2.75, 3.05) is 32.1 Å². The van der Waals surface area contributed by atoms with Crippen molar-refractivity contribution in [1.82, 2.24) is 25.7 Å². The Kier molecular flexibility index (Phi) is 9.14. The van der Waals surface area contributed by atoms with Crippen molar-refractivity contribution in [3.05, 3.63) is 41.4 Å². The third-order valence-corrected chi connectivity index (χ3v) is 7.29. The van der Waals surface area contributed by atoms with E-state index in [0.717, 1.165) is 4.90 Å². The number of aryl methyl sites for hydroxylation is 1. The Hall–Kier alpha value is -3.75. The average molecular weight is 585 g/mol. The lowest BCUT2D eigenvalue weighted by molar-refractivity contribution is -0.121. The molecule has 3 N–H and O–H groups in total. The largest absolute Gasteiger partial charge is 0.382 e. The van der Waals surface area contributed by atoms with Gasteiger partial charge in [-0.1, -0.05) is 12.1 Å². The van der Waals surface area contributed by atoms with Gasteiger partial charge in [-0.25, -0.2) is 27.3 Å². The monoisotopic (exact) mass is 584 g/mol. The number of anilines is 1. The molecule has 0 unspecified atom stereocenters. The maximum absolute atomic E-state index is 14.1. The van der Waals surface area contributed by atoms with E-state index in [4.69, 9.17) is 9.26 Å². The molecule has 4 rings (SSSR count). The molecule has 1 aliphatic heterocycles. The number of aromatic nitrogens is 2. The van der Waals surface area contributed by atoms with Crippen LogP contribution in [0, 0.1) is 5.92 Å². The maximum atomic E-state index is 14.1. The quantitative estimate of drug-likeness (QED) is 0.363. The molecule has 2 aromatic rings. The second-order valence-corrected chi connectivity index (χ2v) is 10.2. The number of ether oxygens (including phenoxy) is 1. The Morgan fingerprint density at radius 1 is 1.24 bits per heavy atom. The van der Waals surface area contributed by atoms with E-state index in [1.807, 2.05) is 0 Å². The number of carbonyl (C=O) groups is 3. The molecule has 2 aromatic heterocycles. The fraction of sp³-hybridized carbons (Fsp3) is 0.577. The molecule has 4 amide bonds. The highest BCUT2D eigenvalue weighted by Crippen LogP contribution is 2.38. The van der Waals surface area contributed by atoms with Crippen LogP contribution in [-0.2, 0) is 16.0 Å². The lowest BCUT2D eigenvalue weighted by Gasteiger charge is -2.38. The summed E-state index contributed by atoms with van der Waals surface area (Å²) in [4.78, 5) is 44.0. The van der Waals surface area contributed by atoms with E-state index in [-0.39, 0.29) is 30.8 Å². The lowest BCUT2D eigenvalue weighted by Crippen LogP contribution is -2.58. The molecular formula is C26H32F4N6O5. The van der Waals surface area contributed by atoms with Gasteiger partial charge < -0.3 is 30.1 Å². The zero-order valence-corrected chi connectivity index (χ0v) is 22.6. The van der Waals surface area contributed by atoms with E-state index in [1.54, 1.807) is 6.92 Å². The second-order valence-electron chi connectivity index (χ2n) is 10.2. The molecule has 11 nitrogen and oxygen atoms in total. The summed E-state index contributed by atoms with van der Waals surface area (Å²) in [7, 11) is 1.36. The predicted octanol–water partition coefficient (Wildman–Crippen LogP) is 3.54. The molecule has 0 spiro atoms. The third-order valence-electron chi connectivity index (χ3n) is 7.29. The van der Waals surface area contributed by atoms with Crippen molar-refractivity contribution < 1.29 is 41.2 Å². The molecule has 0 aromatic carbocycles. The standard InChI is InChI=1S/C26H32F4N6O5/c1-3-19-17(11-33-41-19)22(37)35-21(15-4-7-25(27,28)8-5-15)23(38)34-20-10-16(6-9-31-20)18(12-40-2)36-14-26(29,30)13-32-24(36)39/h6,9-11,15,18,21H,3-5,7-8,12-14H2,1-2H3,(H,32,39)(H,35,37)(H,31,34,38)/t18-,21-/m1/s1. The minimum Gasteiger partial charge on any atom is -0.382 e. The molecule has 3 heterocycles. The zero-order valence-electron chi connectivity index (χ0n) is 22.6. The smallest absolute Gasteiger partial charge is 0.318 e. The number of pyridine rings is 1. The molecule has 0 bridgehead atoms. The second kappa shape index (κ2) is 12.4. The number of alkyl halides is 4. The molecule has 2 atom stereocenters. The van der Waals surface area contributed by atoms with Gasteiger partial charge in [-0.05, 0) is 36.5 Å². The summed E-state index contributed by atoms with van der Waals surface area (Å²) in [6.07, 6.45) is 2.05. The van der Waals surface area contributed by atoms with Crippen LogP contribution in [0.2, 0.25) is 0 Å². The number of hydrogen-bond donors (Lipinski definition) is 3. The number of methoxy groups -OCH3 is 1. The minimum atomic E-state index is -3.16. The molecule has 1 aliphatic carbocycles. The highest BCUT2D eigenvalue weighted by Gasteiger charge is 2.43. The summed E-state index contributed by atoms with van der Waals surface area (Å²) in [6, 6.07) is 0.0921. The zero-order chi connectivity index (χ0) is 29.8. The summed E-state index contributed by atoms with van der Waals surface area (Å²) in [6.45, 7) is 0.0255. The van der Waals surface area contributed by atoms with Gasteiger partial charge in [-0.2, -0.15) is 0 Å². The summed E-state index contributed by atoms with van der Waals surface area (Å²) in [5, 5.41) is 11.0. The van der Waals surface area contributed by atoms with E-state index in [0.29, 0.717) is 17.7 Å². The molecular weight excluding hydrogens is 552 g/mol. The van der Waals surface area contributed by atoms with E-state index in [2.05, 4.69) is 26.1 Å². The van der Waals surface area contributed by atoms with E-state index in [9.17, 15) is 31.9 Å². The van der Waals surface area contributed by atoms with Gasteiger partial charge in [-0.15, -0.1) is 0 Å². The van der Waals surface area contributed by atoms with E-state index in [1.165, 1.54) is 31.6 Å². The van der Waals surface area contributed by atoms with Crippen molar-refractivity contribution in [1.29, 1.82) is 0 Å². The SMILES string of the molecule is CCc1oncc1C(=O)N[C@@H](C(=O)Nc1cc([C@@H](COC)N2CC(F)(F)CNC2=O)ccn1)C1CCC(F)(F)CC1. The van der Waals surface area contributed by atoms with Gasteiger partial charge in [-0.3, -0.25) is 9.59 Å². The van der Waals surface area contributed by atoms with Gasteiger partial charge in [0.2, 0.25) is 11.8 Å². The average Bonchev–Trinajstić information content (AvgIpc) is 3.41. The van der Waals surface area contributed by atoms with Crippen LogP contribution in [0.3, 0.4) is 0 Å². The maximum Gasteiger partial charge on any atom is 0.318 e. The summed E-state index contributed by atoms with van der Waals surface area (Å²) in [5.74, 6) is -7.62. The minimum absolute atomic E-state index is 0.00268. The number of halogens is 4. The fourth-order valence-corrected chi connectivity index (χ4v) is 5.10. The molecule has 1 saturated carbocycles. The van der Waals surface area contributed by atoms with Gasteiger partial charge >= 0.3 is 6.03 Å². The van der Waals surface area contributed by atoms with Gasteiger partial charge in [0.15, 0.2) is 0 Å². The van der Waals surface area contributed by atoms with Crippen LogP contribution in [-0.4, -0.2) is 77.6 Å². The van der Waals surface area contributed by atoms with E-state index >= 15 is 0 Å². The molecule has 41 heavy (non-hydrogen) atoms. The number of amides is 4. The summed E-state index contributed by atoms with van der Waals surface area (Å²) < 4.78 is 66.2. The van der Waals surface area contributed by atoms with Crippen molar-refractivity contribution in [2.24, 2.45) is 5.92 Å². The first kappa shape index (κ1) is 30.2. The Labute approximate surface area is 233 Å². The Morgan fingerprint density at radius 2 is 1.98 bits per heavy atom. The third kappa shape index (κ3) is 7.31. The van der Waals surface area contributed by atoms with Crippen LogP contribution in [0.25, 0.3) is 0 Å². The van der Waals surface area contributed by atoms with Gasteiger partial charge in [0.1, 0.15) is 23.2 Å². The number of rotatable bonds is 10. The number of carbonyl (C=O) groups excluding carboxylic acids is 3. The Bertz CT molecular complexity index is 1250. The van der Waals surface area contributed by atoms with Crippen LogP contribution in [0.15, 0.2) is 29.0 Å². The number of nitrogens with one attached hydrogen (secondary N) is 3. The predicted molar refractivity (Wildman–Crippen MR) is 137 cm³/mol. The van der Waals surface area contributed by atoms with Crippen LogP contribution in [0.1, 0.15) is 60.3 Å². The van der Waals surface area contributed by atoms with E-state index < -0.39 is 73.6 Å². The van der Waals surface area contributed by atoms with Crippen LogP contribution < -0.4 is 16.0 Å². The molecule has 15 heteroatoms. The van der Waals surface area contributed by atoms with Crippen LogP contribution >= 0.6 is 0 Å². The summed E-state index contributed by atoms with van der Waals surface area (Å²) >= 11 is 0. The number of urea groups is 1. The molecule has 0 radical (unpaired) electrons. The fourth-order valence-electron chi connectivity index (χ4n) is 5.10. The first-order valence-corrected chi connectivity index (χ1v) is 13.2. The number of nitrogens with zero attached hydrogens (tertiary/aromatic N) is 3. The van der Waals surface area contributed by atoms with Crippen LogP contribution in [0.4, 0.5) is 28.2 Å². The lowest BCUT2D eigenvalue weighted by atomic mass is 9.81. The molecule has 2 aliphatic rings. The van der Waals surface area contributed by atoms with Crippen molar-refractivity contribution in [2.45, 2.75) is 63.0 Å². The molecule has 224 valence electrons. The van der Waals surface area contributed by atoms with Gasteiger partial charge in [0.05, 0.1) is 31.9 Å². The first-order valence-electron chi connectivity index (χ1n) is 13.2. The van der Waals surface area contributed by atoms with Crippen molar-refractivity contribution in [3.8, 4) is 0 Å². The molecule has 1 saturated heterocycles. The Balaban J connectivity index is 1.56.